The Balaban J connectivity index is 1.56. The summed E-state index contributed by atoms with van der Waals surface area (Å²) in [5.74, 6) is -0.761. The molecule has 2 saturated carbocycles. The van der Waals surface area contributed by atoms with E-state index in [0.29, 0.717) is 23.9 Å². The van der Waals surface area contributed by atoms with Crippen LogP contribution in [0.2, 0.25) is 0 Å². The lowest BCUT2D eigenvalue weighted by atomic mass is 9.91. The van der Waals surface area contributed by atoms with E-state index in [4.69, 9.17) is 9.84 Å². The third-order valence-corrected chi connectivity index (χ3v) is 8.05. The molecule has 1 aliphatic heterocycles. The zero-order chi connectivity index (χ0) is 19.2. The molecule has 0 saturated heterocycles. The number of hydrogen-bond donors (Lipinski definition) is 2. The minimum absolute atomic E-state index is 0.0436. The predicted octanol–water partition coefficient (Wildman–Crippen LogP) is 3.14. The smallest absolute Gasteiger partial charge is 0.323 e. The molecule has 1 atom stereocenters. The number of carbonyl (C=O) groups is 2. The molecule has 1 heterocycles. The van der Waals surface area contributed by atoms with Gasteiger partial charge in [-0.3, -0.25) is 15.1 Å². The van der Waals surface area contributed by atoms with E-state index in [9.17, 15) is 9.59 Å². The van der Waals surface area contributed by atoms with Crippen molar-refractivity contribution in [2.75, 3.05) is 19.4 Å². The highest BCUT2D eigenvalue weighted by molar-refractivity contribution is 8.25. The number of nitrogens with zero attached hydrogens (tertiary/aromatic N) is 2. The number of thioether (sulfide) groups is 2. The van der Waals surface area contributed by atoms with Gasteiger partial charge in [0.15, 0.2) is 5.17 Å². The maximum Gasteiger partial charge on any atom is 0.323 e. The van der Waals surface area contributed by atoms with Crippen LogP contribution in [-0.4, -0.2) is 69.4 Å². The fraction of sp³-hybridized carbons (Fsp3) is 0.833. The lowest BCUT2D eigenvalue weighted by molar-refractivity contribution is -0.133. The highest BCUT2D eigenvalue weighted by Crippen LogP contribution is 2.33. The summed E-state index contributed by atoms with van der Waals surface area (Å²) in [6.45, 7) is 0.542. The van der Waals surface area contributed by atoms with E-state index in [1.807, 2.05) is 0 Å². The highest BCUT2D eigenvalue weighted by Gasteiger charge is 2.36. The Morgan fingerprint density at radius 3 is 2.52 bits per heavy atom. The second-order valence-electron chi connectivity index (χ2n) is 7.34. The van der Waals surface area contributed by atoms with Gasteiger partial charge in [0.25, 0.3) is 0 Å². The van der Waals surface area contributed by atoms with Crippen LogP contribution in [0.3, 0.4) is 0 Å². The minimum atomic E-state index is -0.822. The van der Waals surface area contributed by atoms with Gasteiger partial charge in [-0.25, -0.2) is 4.79 Å². The van der Waals surface area contributed by atoms with Crippen LogP contribution < -0.4 is 5.32 Å². The van der Waals surface area contributed by atoms with E-state index in [1.165, 1.54) is 36.4 Å². The van der Waals surface area contributed by atoms with Crippen molar-refractivity contribution in [1.82, 2.24) is 10.2 Å². The van der Waals surface area contributed by atoms with Crippen molar-refractivity contribution in [2.45, 2.75) is 74.1 Å². The Morgan fingerprint density at radius 2 is 1.89 bits per heavy atom. The molecule has 2 amide bonds. The normalized spacial score (nSPS) is 28.8. The van der Waals surface area contributed by atoms with Crippen LogP contribution in [0.15, 0.2) is 4.99 Å². The number of carboxylic acid groups (broad SMARTS) is 1. The third kappa shape index (κ3) is 5.77. The van der Waals surface area contributed by atoms with Gasteiger partial charge >= 0.3 is 12.0 Å². The van der Waals surface area contributed by atoms with Gasteiger partial charge in [0.2, 0.25) is 0 Å². The van der Waals surface area contributed by atoms with Crippen molar-refractivity contribution in [3.63, 3.8) is 0 Å². The summed E-state index contributed by atoms with van der Waals surface area (Å²) < 4.78 is 5.54. The van der Waals surface area contributed by atoms with Gasteiger partial charge in [0.1, 0.15) is 0 Å². The number of hydrogen-bond acceptors (Lipinski definition) is 6. The lowest BCUT2D eigenvalue weighted by Gasteiger charge is -2.40. The number of methoxy groups -OCH3 is 1. The van der Waals surface area contributed by atoms with E-state index < -0.39 is 5.97 Å². The van der Waals surface area contributed by atoms with Crippen LogP contribution in [0.1, 0.15) is 51.4 Å². The zero-order valence-electron chi connectivity index (χ0n) is 15.8. The molecule has 9 heteroatoms. The van der Waals surface area contributed by atoms with E-state index in [2.05, 4.69) is 15.2 Å². The van der Waals surface area contributed by atoms with Crippen LogP contribution >= 0.6 is 23.5 Å². The molecule has 0 radical (unpaired) electrons. The SMILES string of the molecule is COC1CCC(N(C(=O)NC2=NCC(SCC(=O)O)S2)C2CCCC2)CC1. The van der Waals surface area contributed by atoms with Crippen molar-refractivity contribution in [3.05, 3.63) is 0 Å². The fourth-order valence-corrected chi connectivity index (χ4v) is 6.16. The summed E-state index contributed by atoms with van der Waals surface area (Å²) in [5, 5.41) is 12.4. The predicted molar refractivity (Wildman–Crippen MR) is 109 cm³/mol. The van der Waals surface area contributed by atoms with Crippen molar-refractivity contribution >= 4 is 40.7 Å². The second-order valence-corrected chi connectivity index (χ2v) is 10.0. The first-order chi connectivity index (χ1) is 13.1. The van der Waals surface area contributed by atoms with Crippen molar-refractivity contribution in [2.24, 2.45) is 4.99 Å². The van der Waals surface area contributed by atoms with Gasteiger partial charge < -0.3 is 14.7 Å². The maximum absolute atomic E-state index is 13.1. The first-order valence-electron chi connectivity index (χ1n) is 9.73. The Kier molecular flexibility index (Phi) is 7.72. The number of ether oxygens (including phenoxy) is 1. The average molecular weight is 416 g/mol. The van der Waals surface area contributed by atoms with Crippen LogP contribution in [0, 0.1) is 0 Å². The largest absolute Gasteiger partial charge is 0.481 e. The number of nitrogens with one attached hydrogen (secondary N) is 1. The summed E-state index contributed by atoms with van der Waals surface area (Å²) in [7, 11) is 1.76. The summed E-state index contributed by atoms with van der Waals surface area (Å²) in [5.41, 5.74) is 0. The summed E-state index contributed by atoms with van der Waals surface area (Å²) in [4.78, 5) is 30.3. The molecule has 0 aromatic carbocycles. The van der Waals surface area contributed by atoms with Crippen LogP contribution in [0.25, 0.3) is 0 Å². The number of carboxylic acids is 1. The number of amidine groups is 1. The molecule has 2 N–H and O–H groups in total. The number of urea groups is 1. The van der Waals surface area contributed by atoms with Gasteiger partial charge in [0.05, 0.1) is 23.0 Å². The maximum atomic E-state index is 13.1. The van der Waals surface area contributed by atoms with Crippen molar-refractivity contribution in [1.29, 1.82) is 0 Å². The molecular formula is C18H29N3O4S2. The molecule has 3 rings (SSSR count). The summed E-state index contributed by atoms with van der Waals surface area (Å²) >= 11 is 2.82. The molecule has 0 spiro atoms. The summed E-state index contributed by atoms with van der Waals surface area (Å²) in [6.07, 6.45) is 8.82. The van der Waals surface area contributed by atoms with Gasteiger partial charge in [-0.1, -0.05) is 24.6 Å². The molecule has 7 nitrogen and oxygen atoms in total. The standard InChI is InChI=1S/C18H29N3O4S2/c1-25-14-8-6-13(7-9-14)21(12-4-2-3-5-12)18(24)20-17-19-10-16(27-17)26-11-15(22)23/h12-14,16H,2-11H2,1H3,(H,22,23)(H,19,20,24). The number of amides is 2. The number of carbonyl (C=O) groups excluding carboxylic acids is 1. The molecule has 2 aliphatic carbocycles. The third-order valence-electron chi connectivity index (χ3n) is 5.56. The highest BCUT2D eigenvalue weighted by atomic mass is 32.2. The average Bonchev–Trinajstić information content (AvgIpc) is 3.33. The number of aliphatic imine (C=N–C) groups is 1. The van der Waals surface area contributed by atoms with Gasteiger partial charge in [-0.15, -0.1) is 11.8 Å². The molecular weight excluding hydrogens is 386 g/mol. The quantitative estimate of drug-likeness (QED) is 0.692. The van der Waals surface area contributed by atoms with Crippen molar-refractivity contribution in [3.8, 4) is 0 Å². The molecule has 0 aromatic heterocycles. The second kappa shape index (κ2) is 10.0. The topological polar surface area (TPSA) is 91.2 Å². The first-order valence-corrected chi connectivity index (χ1v) is 11.7. The van der Waals surface area contributed by atoms with Crippen LogP contribution in [0.4, 0.5) is 4.79 Å². The molecule has 152 valence electrons. The molecule has 1 unspecified atom stereocenters. The first kappa shape index (κ1) is 20.8. The zero-order valence-corrected chi connectivity index (χ0v) is 17.4. The molecule has 3 aliphatic rings. The molecule has 2 fully saturated rings. The lowest BCUT2D eigenvalue weighted by Crippen LogP contribution is -2.53. The van der Waals surface area contributed by atoms with Gasteiger partial charge in [0, 0.05) is 19.2 Å². The molecule has 27 heavy (non-hydrogen) atoms. The number of rotatable bonds is 6. The Morgan fingerprint density at radius 1 is 1.22 bits per heavy atom. The van der Waals surface area contributed by atoms with Crippen LogP contribution in [-0.2, 0) is 9.53 Å². The fourth-order valence-electron chi connectivity index (χ4n) is 4.20. The Hall–Kier alpha value is -0.930. The molecule has 0 aromatic rings. The molecule has 0 bridgehead atoms. The van der Waals surface area contributed by atoms with E-state index in [1.54, 1.807) is 7.11 Å². The van der Waals surface area contributed by atoms with E-state index >= 15 is 0 Å². The van der Waals surface area contributed by atoms with Crippen molar-refractivity contribution < 1.29 is 19.4 Å². The van der Waals surface area contributed by atoms with E-state index in [0.717, 1.165) is 38.5 Å². The van der Waals surface area contributed by atoms with Gasteiger partial charge in [-0.2, -0.15) is 0 Å². The van der Waals surface area contributed by atoms with Crippen LogP contribution in [0.5, 0.6) is 0 Å². The minimum Gasteiger partial charge on any atom is -0.481 e. The monoisotopic (exact) mass is 415 g/mol. The number of aliphatic carboxylic acids is 1. The van der Waals surface area contributed by atoms with Gasteiger partial charge in [-0.05, 0) is 38.5 Å². The Bertz CT molecular complexity index is 561. The van der Waals surface area contributed by atoms with E-state index in [-0.39, 0.29) is 22.4 Å². The summed E-state index contributed by atoms with van der Waals surface area (Å²) in [6, 6.07) is 0.542. The Labute approximate surface area is 169 Å².